The third kappa shape index (κ3) is 5.17. The van der Waals surface area contributed by atoms with E-state index in [4.69, 9.17) is 11.6 Å². The van der Waals surface area contributed by atoms with Crippen molar-refractivity contribution in [1.82, 2.24) is 4.72 Å². The van der Waals surface area contributed by atoms with E-state index in [0.29, 0.717) is 18.7 Å². The first kappa shape index (κ1) is 14.2. The Balaban J connectivity index is 4.33. The van der Waals surface area contributed by atoms with Gasteiger partial charge in [0, 0.05) is 11.4 Å². The highest BCUT2D eigenvalue weighted by molar-refractivity contribution is 7.89. The van der Waals surface area contributed by atoms with Gasteiger partial charge in [-0.1, -0.05) is 20.3 Å². The van der Waals surface area contributed by atoms with Gasteiger partial charge in [-0.2, -0.15) is 0 Å². The summed E-state index contributed by atoms with van der Waals surface area (Å²) < 4.78 is 25.8. The van der Waals surface area contributed by atoms with Crippen LogP contribution in [-0.2, 0) is 10.0 Å². The van der Waals surface area contributed by atoms with Crippen molar-refractivity contribution in [2.24, 2.45) is 0 Å². The molecule has 0 aromatic heterocycles. The zero-order valence-corrected chi connectivity index (χ0v) is 10.7. The third-order valence-corrected chi connectivity index (χ3v) is 4.46. The summed E-state index contributed by atoms with van der Waals surface area (Å²) >= 11 is 5.72. The molecule has 0 fully saturated rings. The molecule has 0 aliphatic heterocycles. The van der Waals surface area contributed by atoms with Crippen LogP contribution < -0.4 is 4.72 Å². The van der Waals surface area contributed by atoms with Crippen molar-refractivity contribution in [3.63, 3.8) is 0 Å². The molecule has 14 heavy (non-hydrogen) atoms. The van der Waals surface area contributed by atoms with Gasteiger partial charge in [0.25, 0.3) is 0 Å². The van der Waals surface area contributed by atoms with Crippen molar-refractivity contribution in [3.05, 3.63) is 0 Å². The average molecular weight is 242 g/mol. The summed E-state index contributed by atoms with van der Waals surface area (Å²) in [6.07, 6.45) is 2.27. The number of hydrogen-bond donors (Lipinski definition) is 1. The van der Waals surface area contributed by atoms with Crippen molar-refractivity contribution in [3.8, 4) is 0 Å². The molecule has 3 nitrogen and oxygen atoms in total. The summed E-state index contributed by atoms with van der Waals surface area (Å²) in [5, 5.41) is 0. The minimum Gasteiger partial charge on any atom is -0.212 e. The van der Waals surface area contributed by atoms with Gasteiger partial charge < -0.3 is 0 Å². The monoisotopic (exact) mass is 241 g/mol. The number of rotatable bonds is 7. The highest BCUT2D eigenvalue weighted by Crippen LogP contribution is 2.13. The Labute approximate surface area is 92.3 Å². The molecule has 0 aliphatic rings. The van der Waals surface area contributed by atoms with Gasteiger partial charge in [-0.15, -0.1) is 11.6 Å². The van der Waals surface area contributed by atoms with Crippen LogP contribution in [-0.4, -0.2) is 25.6 Å². The molecule has 1 N–H and O–H groups in total. The number of unbranched alkanes of at least 4 members (excludes halogenated alkanes) is 1. The zero-order chi connectivity index (χ0) is 11.2. The first-order valence-electron chi connectivity index (χ1n) is 4.96. The molecule has 0 spiro atoms. The summed E-state index contributed by atoms with van der Waals surface area (Å²) in [6.45, 7) is 5.71. The smallest absolute Gasteiger partial charge is 0.212 e. The van der Waals surface area contributed by atoms with Crippen molar-refractivity contribution >= 4 is 21.6 Å². The Hall–Kier alpha value is 0.200. The van der Waals surface area contributed by atoms with Gasteiger partial charge in [0.1, 0.15) is 0 Å². The minimum absolute atomic E-state index is 0.190. The lowest BCUT2D eigenvalue weighted by atomic mass is 10.0. The molecule has 0 saturated carbocycles. The fourth-order valence-electron chi connectivity index (χ4n) is 0.955. The standard InChI is InChI=1S/C9H20ClNO2S/c1-4-6-7-14(12,13)11-9(3,5-2)8-10/h11H,4-8H2,1-3H3. The van der Waals surface area contributed by atoms with Gasteiger partial charge in [-0.25, -0.2) is 13.1 Å². The lowest BCUT2D eigenvalue weighted by molar-refractivity contribution is 0.444. The summed E-state index contributed by atoms with van der Waals surface area (Å²) in [4.78, 5) is 0. The van der Waals surface area contributed by atoms with E-state index in [2.05, 4.69) is 4.72 Å². The molecule has 0 radical (unpaired) electrons. The van der Waals surface area contributed by atoms with Crippen LogP contribution in [0.5, 0.6) is 0 Å². The molecule has 0 bridgehead atoms. The van der Waals surface area contributed by atoms with Gasteiger partial charge in [0.2, 0.25) is 10.0 Å². The normalized spacial score (nSPS) is 16.6. The van der Waals surface area contributed by atoms with Crippen LogP contribution in [0.15, 0.2) is 0 Å². The molecule has 0 aromatic rings. The molecule has 1 unspecified atom stereocenters. The largest absolute Gasteiger partial charge is 0.212 e. The predicted molar refractivity (Wildman–Crippen MR) is 61.2 cm³/mol. The topological polar surface area (TPSA) is 46.2 Å². The fraction of sp³-hybridized carbons (Fsp3) is 1.00. The molecule has 0 amide bonds. The number of alkyl halides is 1. The van der Waals surface area contributed by atoms with Crippen LogP contribution in [0, 0.1) is 0 Å². The molecule has 0 rings (SSSR count). The van der Waals surface area contributed by atoms with E-state index in [1.807, 2.05) is 20.8 Å². The van der Waals surface area contributed by atoms with E-state index in [0.717, 1.165) is 6.42 Å². The van der Waals surface area contributed by atoms with Crippen LogP contribution in [0.4, 0.5) is 0 Å². The quantitative estimate of drug-likeness (QED) is 0.694. The molecule has 0 heterocycles. The van der Waals surface area contributed by atoms with E-state index >= 15 is 0 Å². The average Bonchev–Trinajstić information content (AvgIpc) is 2.14. The maximum atomic E-state index is 11.6. The van der Waals surface area contributed by atoms with Crippen LogP contribution in [0.3, 0.4) is 0 Å². The second-order valence-electron chi connectivity index (χ2n) is 3.82. The first-order valence-corrected chi connectivity index (χ1v) is 7.15. The SMILES string of the molecule is CCCCS(=O)(=O)NC(C)(CC)CCl. The van der Waals surface area contributed by atoms with Crippen molar-refractivity contribution in [1.29, 1.82) is 0 Å². The maximum Gasteiger partial charge on any atom is 0.212 e. The molecular weight excluding hydrogens is 222 g/mol. The summed E-state index contributed by atoms with van der Waals surface area (Å²) in [5.41, 5.74) is -0.506. The van der Waals surface area contributed by atoms with Crippen LogP contribution >= 0.6 is 11.6 Å². The lowest BCUT2D eigenvalue weighted by Gasteiger charge is -2.26. The fourth-order valence-corrected chi connectivity index (χ4v) is 3.03. The van der Waals surface area contributed by atoms with E-state index in [-0.39, 0.29) is 5.75 Å². The van der Waals surface area contributed by atoms with Gasteiger partial charge in [0.15, 0.2) is 0 Å². The highest BCUT2D eigenvalue weighted by Gasteiger charge is 2.26. The Kier molecular flexibility index (Phi) is 6.02. The van der Waals surface area contributed by atoms with Gasteiger partial charge in [-0.3, -0.25) is 0 Å². The van der Waals surface area contributed by atoms with E-state index in [1.54, 1.807) is 0 Å². The Morgan fingerprint density at radius 3 is 2.29 bits per heavy atom. The molecule has 0 aromatic carbocycles. The molecular formula is C9H20ClNO2S. The van der Waals surface area contributed by atoms with Crippen LogP contribution in [0.25, 0.3) is 0 Å². The zero-order valence-electron chi connectivity index (χ0n) is 9.14. The van der Waals surface area contributed by atoms with Crippen molar-refractivity contribution < 1.29 is 8.42 Å². The lowest BCUT2D eigenvalue weighted by Crippen LogP contribution is -2.47. The van der Waals surface area contributed by atoms with Crippen LogP contribution in [0.1, 0.15) is 40.0 Å². The second kappa shape index (κ2) is 5.93. The second-order valence-corrected chi connectivity index (χ2v) is 5.93. The Morgan fingerprint density at radius 1 is 1.36 bits per heavy atom. The van der Waals surface area contributed by atoms with Crippen molar-refractivity contribution in [2.75, 3.05) is 11.6 Å². The third-order valence-electron chi connectivity index (χ3n) is 2.24. The maximum absolute atomic E-state index is 11.6. The van der Waals surface area contributed by atoms with E-state index in [1.165, 1.54) is 0 Å². The molecule has 1 atom stereocenters. The Bertz CT molecular complexity index is 248. The minimum atomic E-state index is -3.16. The van der Waals surface area contributed by atoms with Gasteiger partial charge >= 0.3 is 0 Å². The van der Waals surface area contributed by atoms with Gasteiger partial charge in [-0.05, 0) is 19.8 Å². The summed E-state index contributed by atoms with van der Waals surface area (Å²) in [6, 6.07) is 0. The number of sulfonamides is 1. The first-order chi connectivity index (χ1) is 6.39. The van der Waals surface area contributed by atoms with E-state index in [9.17, 15) is 8.42 Å². The summed E-state index contributed by atoms with van der Waals surface area (Å²) in [7, 11) is -3.16. The van der Waals surface area contributed by atoms with Crippen molar-refractivity contribution in [2.45, 2.75) is 45.6 Å². The van der Waals surface area contributed by atoms with Crippen LogP contribution in [0.2, 0.25) is 0 Å². The number of hydrogen-bond acceptors (Lipinski definition) is 2. The number of nitrogens with one attached hydrogen (secondary N) is 1. The highest BCUT2D eigenvalue weighted by atomic mass is 35.5. The summed E-state index contributed by atoms with van der Waals surface area (Å²) in [5.74, 6) is 0.491. The Morgan fingerprint density at radius 2 is 1.93 bits per heavy atom. The molecule has 0 aliphatic carbocycles. The molecule has 0 saturated heterocycles. The van der Waals surface area contributed by atoms with E-state index < -0.39 is 15.6 Å². The molecule has 5 heteroatoms. The van der Waals surface area contributed by atoms with Gasteiger partial charge in [0.05, 0.1) is 5.75 Å². The molecule has 86 valence electrons. The number of halogens is 1. The predicted octanol–water partition coefficient (Wildman–Crippen LogP) is 2.11.